The van der Waals surface area contributed by atoms with Gasteiger partial charge in [-0.05, 0) is 43.9 Å². The molecular weight excluding hydrogens is 346 g/mol. The predicted molar refractivity (Wildman–Crippen MR) is 92.5 cm³/mol. The molecule has 0 aliphatic carbocycles. The van der Waals surface area contributed by atoms with E-state index in [1.54, 1.807) is 19.1 Å². The average Bonchev–Trinajstić information content (AvgIpc) is 2.53. The van der Waals surface area contributed by atoms with Gasteiger partial charge in [0.1, 0.15) is 16.4 Å². The number of fused-ring (bicyclic) bond motifs is 1. The molecule has 3 rings (SSSR count). The summed E-state index contributed by atoms with van der Waals surface area (Å²) in [6.07, 6.45) is 1.14. The van der Waals surface area contributed by atoms with Crippen LogP contribution in [0.4, 0.5) is 5.69 Å². The number of benzene rings is 2. The normalized spacial score (nSPS) is 19.0. The number of carboxylic acid groups (broad SMARTS) is 1. The number of ether oxygens (including phenoxy) is 1. The molecule has 1 N–H and O–H groups in total. The number of aryl methyl sites for hydroxylation is 1. The minimum Gasteiger partial charge on any atom is -0.483 e. The van der Waals surface area contributed by atoms with E-state index in [1.807, 2.05) is 13.0 Å². The summed E-state index contributed by atoms with van der Waals surface area (Å²) in [5.41, 5.74) is 1.51. The maximum Gasteiger partial charge on any atom is 0.335 e. The summed E-state index contributed by atoms with van der Waals surface area (Å²) in [6, 6.07) is 8.00. The molecule has 1 atom stereocenters. The number of nitro benzene ring substituents is 1. The van der Waals surface area contributed by atoms with Crippen LogP contribution in [0.2, 0.25) is 5.02 Å². The average molecular weight is 362 g/mol. The van der Waals surface area contributed by atoms with Gasteiger partial charge < -0.3 is 9.84 Å². The van der Waals surface area contributed by atoms with E-state index in [2.05, 4.69) is 0 Å². The molecule has 25 heavy (non-hydrogen) atoms. The molecule has 7 heteroatoms. The van der Waals surface area contributed by atoms with Crippen LogP contribution in [-0.4, -0.2) is 16.0 Å². The number of hydrogen-bond donors (Lipinski definition) is 1. The molecule has 1 unspecified atom stereocenters. The minimum atomic E-state index is -0.988. The van der Waals surface area contributed by atoms with Gasteiger partial charge in [-0.15, -0.1) is 0 Å². The van der Waals surface area contributed by atoms with Crippen molar-refractivity contribution in [2.45, 2.75) is 32.3 Å². The summed E-state index contributed by atoms with van der Waals surface area (Å²) in [5.74, 6) is -0.498. The number of carbonyl (C=O) groups is 1. The molecule has 1 heterocycles. The topological polar surface area (TPSA) is 89.7 Å². The Hall–Kier alpha value is -2.60. The van der Waals surface area contributed by atoms with Crippen LogP contribution >= 0.6 is 11.6 Å². The van der Waals surface area contributed by atoms with Gasteiger partial charge in [0, 0.05) is 17.7 Å². The van der Waals surface area contributed by atoms with Crippen molar-refractivity contribution in [2.75, 3.05) is 0 Å². The minimum absolute atomic E-state index is 0.0176. The van der Waals surface area contributed by atoms with Crippen LogP contribution in [0.25, 0.3) is 0 Å². The first kappa shape index (κ1) is 17.2. The highest BCUT2D eigenvalue weighted by Gasteiger charge is 2.36. The lowest BCUT2D eigenvalue weighted by molar-refractivity contribution is -0.384. The second kappa shape index (κ2) is 6.04. The van der Waals surface area contributed by atoms with E-state index in [4.69, 9.17) is 16.3 Å². The lowest BCUT2D eigenvalue weighted by Gasteiger charge is -2.37. The van der Waals surface area contributed by atoms with Gasteiger partial charge in [0.25, 0.3) is 5.69 Å². The van der Waals surface area contributed by atoms with E-state index in [-0.39, 0.29) is 16.3 Å². The van der Waals surface area contributed by atoms with Crippen LogP contribution < -0.4 is 4.74 Å². The van der Waals surface area contributed by atoms with Crippen LogP contribution in [0, 0.1) is 17.0 Å². The lowest BCUT2D eigenvalue weighted by Crippen LogP contribution is -2.34. The van der Waals surface area contributed by atoms with E-state index < -0.39 is 16.5 Å². The number of rotatable bonds is 3. The Kier molecular flexibility index (Phi) is 4.16. The van der Waals surface area contributed by atoms with E-state index in [1.165, 1.54) is 12.1 Å². The van der Waals surface area contributed by atoms with E-state index >= 15 is 0 Å². The van der Waals surface area contributed by atoms with Crippen molar-refractivity contribution in [3.63, 3.8) is 0 Å². The van der Waals surface area contributed by atoms with E-state index in [0.717, 1.165) is 11.1 Å². The molecule has 130 valence electrons. The third-order valence-electron chi connectivity index (χ3n) is 4.67. The predicted octanol–water partition coefficient (Wildman–Crippen LogP) is 4.50. The van der Waals surface area contributed by atoms with Crippen LogP contribution in [0.1, 0.15) is 40.4 Å². The van der Waals surface area contributed by atoms with Crippen LogP contribution in [0.15, 0.2) is 30.3 Å². The summed E-state index contributed by atoms with van der Waals surface area (Å²) < 4.78 is 6.14. The molecule has 2 aromatic rings. The van der Waals surface area contributed by atoms with Crippen molar-refractivity contribution in [1.29, 1.82) is 0 Å². The Labute approximate surface area is 149 Å². The van der Waals surface area contributed by atoms with Crippen LogP contribution in [0.3, 0.4) is 0 Å². The monoisotopic (exact) mass is 361 g/mol. The SMILES string of the molecule is Cc1c(C(=O)O)cccc1C1(C)CCc2cc([N+](=O)[O-])c(Cl)cc2O1. The Morgan fingerprint density at radius 3 is 2.76 bits per heavy atom. The second-order valence-electron chi connectivity index (χ2n) is 6.28. The molecule has 0 amide bonds. The molecule has 0 bridgehead atoms. The quantitative estimate of drug-likeness (QED) is 0.642. The molecule has 0 radical (unpaired) electrons. The van der Waals surface area contributed by atoms with Crippen molar-refractivity contribution >= 4 is 23.3 Å². The third-order valence-corrected chi connectivity index (χ3v) is 4.97. The van der Waals surface area contributed by atoms with Crippen LogP contribution in [0.5, 0.6) is 5.75 Å². The number of aromatic carboxylic acids is 1. The number of hydrogen-bond acceptors (Lipinski definition) is 4. The maximum atomic E-state index is 11.4. The molecule has 0 fully saturated rings. The number of nitro groups is 1. The van der Waals surface area contributed by atoms with Gasteiger partial charge in [-0.3, -0.25) is 10.1 Å². The maximum absolute atomic E-state index is 11.4. The first-order valence-electron chi connectivity index (χ1n) is 7.72. The summed E-state index contributed by atoms with van der Waals surface area (Å²) in [6.45, 7) is 3.64. The fraction of sp³-hybridized carbons (Fsp3) is 0.278. The van der Waals surface area contributed by atoms with Crippen molar-refractivity contribution in [3.05, 3.63) is 67.7 Å². The second-order valence-corrected chi connectivity index (χ2v) is 6.69. The number of nitrogens with zero attached hydrogens (tertiary/aromatic N) is 1. The summed E-state index contributed by atoms with van der Waals surface area (Å²) in [7, 11) is 0. The highest BCUT2D eigenvalue weighted by Crippen LogP contribution is 2.44. The summed E-state index contributed by atoms with van der Waals surface area (Å²) in [4.78, 5) is 21.9. The third kappa shape index (κ3) is 2.93. The van der Waals surface area contributed by atoms with Gasteiger partial charge in [-0.2, -0.15) is 0 Å². The molecule has 6 nitrogen and oxygen atoms in total. The van der Waals surface area contributed by atoms with Crippen molar-refractivity contribution in [2.24, 2.45) is 0 Å². The first-order valence-corrected chi connectivity index (χ1v) is 8.10. The van der Waals surface area contributed by atoms with Gasteiger partial charge in [0.05, 0.1) is 10.5 Å². The first-order chi connectivity index (χ1) is 11.7. The summed E-state index contributed by atoms with van der Waals surface area (Å²) >= 11 is 5.99. The summed E-state index contributed by atoms with van der Waals surface area (Å²) in [5, 5.41) is 20.4. The van der Waals surface area contributed by atoms with Gasteiger partial charge in [0.2, 0.25) is 0 Å². The highest BCUT2D eigenvalue weighted by atomic mass is 35.5. The standard InChI is InChI=1S/C18H16ClNO5/c1-10-12(17(21)22)4-3-5-13(10)18(2)7-6-11-8-15(20(23)24)14(19)9-16(11)25-18/h3-5,8-9H,6-7H2,1-2H3,(H,21,22). The molecule has 0 saturated carbocycles. The number of halogens is 1. The zero-order chi connectivity index (χ0) is 18.4. The van der Waals surface area contributed by atoms with Gasteiger partial charge in [-0.25, -0.2) is 4.79 Å². The molecule has 0 spiro atoms. The zero-order valence-corrected chi connectivity index (χ0v) is 14.5. The van der Waals surface area contributed by atoms with E-state index in [9.17, 15) is 20.0 Å². The van der Waals surface area contributed by atoms with Gasteiger partial charge in [-0.1, -0.05) is 23.7 Å². The van der Waals surface area contributed by atoms with Gasteiger partial charge in [0.15, 0.2) is 0 Å². The Bertz CT molecular complexity index is 895. The Morgan fingerprint density at radius 1 is 1.40 bits per heavy atom. The fourth-order valence-corrected chi connectivity index (χ4v) is 3.54. The smallest absolute Gasteiger partial charge is 0.335 e. The Balaban J connectivity index is 2.05. The number of carboxylic acids is 1. The molecule has 0 saturated heterocycles. The molecule has 0 aromatic heterocycles. The zero-order valence-electron chi connectivity index (χ0n) is 13.7. The fourth-order valence-electron chi connectivity index (χ4n) is 3.31. The largest absolute Gasteiger partial charge is 0.483 e. The van der Waals surface area contributed by atoms with Crippen molar-refractivity contribution in [1.82, 2.24) is 0 Å². The molecule has 2 aromatic carbocycles. The highest BCUT2D eigenvalue weighted by molar-refractivity contribution is 6.32. The molecule has 1 aliphatic rings. The Morgan fingerprint density at radius 2 is 2.12 bits per heavy atom. The van der Waals surface area contributed by atoms with Crippen LogP contribution in [-0.2, 0) is 12.0 Å². The van der Waals surface area contributed by atoms with E-state index in [0.29, 0.717) is 24.2 Å². The van der Waals surface area contributed by atoms with Gasteiger partial charge >= 0.3 is 5.97 Å². The van der Waals surface area contributed by atoms with Crippen molar-refractivity contribution < 1.29 is 19.6 Å². The van der Waals surface area contributed by atoms with Crippen molar-refractivity contribution in [3.8, 4) is 5.75 Å². The molecular formula is C18H16ClNO5. The lowest BCUT2D eigenvalue weighted by atomic mass is 9.83. The molecule has 1 aliphatic heterocycles.